The molecule has 0 saturated carbocycles. The van der Waals surface area contributed by atoms with Crippen LogP contribution in [0.2, 0.25) is 0 Å². The Kier molecular flexibility index (Phi) is 3.18. The second-order valence-electron chi connectivity index (χ2n) is 6.78. The van der Waals surface area contributed by atoms with Crippen LogP contribution < -0.4 is 0 Å². The molecule has 2 nitrogen and oxygen atoms in total. The van der Waals surface area contributed by atoms with Gasteiger partial charge in [0.15, 0.2) is 0 Å². The predicted octanol–water partition coefficient (Wildman–Crippen LogP) is 3.07. The van der Waals surface area contributed by atoms with Gasteiger partial charge in [0.1, 0.15) is 0 Å². The molecule has 0 aromatic rings. The van der Waals surface area contributed by atoms with Gasteiger partial charge in [-0.25, -0.2) is 0 Å². The normalized spacial score (nSPS) is 24.5. The quantitative estimate of drug-likeness (QED) is 0.603. The predicted molar refractivity (Wildman–Crippen MR) is 63.6 cm³/mol. The topological polar surface area (TPSA) is 20.3 Å². The highest BCUT2D eigenvalue weighted by atomic mass is 16.2. The maximum atomic E-state index is 11.8. The van der Waals surface area contributed by atoms with Crippen LogP contribution in [0, 0.1) is 11.3 Å². The first-order chi connectivity index (χ1) is 6.62. The molecule has 1 atom stereocenters. The third kappa shape index (κ3) is 2.96. The number of carbonyl (C=O) groups excluding carboxylic acids is 1. The van der Waals surface area contributed by atoms with Crippen LogP contribution in [0.3, 0.4) is 0 Å². The molecule has 0 aliphatic carbocycles. The summed E-state index contributed by atoms with van der Waals surface area (Å²) < 4.78 is 0. The Morgan fingerprint density at radius 3 is 2.07 bits per heavy atom. The van der Waals surface area contributed by atoms with Crippen LogP contribution in [-0.4, -0.2) is 22.9 Å². The molecule has 15 heavy (non-hydrogen) atoms. The summed E-state index contributed by atoms with van der Waals surface area (Å²) >= 11 is 0. The zero-order valence-corrected chi connectivity index (χ0v) is 11.1. The molecule has 0 bridgehead atoms. The molecule has 0 aromatic carbocycles. The summed E-state index contributed by atoms with van der Waals surface area (Å²) in [4.78, 5) is 13.9. The molecule has 0 radical (unpaired) electrons. The Hall–Kier alpha value is -0.530. The first-order valence-corrected chi connectivity index (χ1v) is 5.93. The van der Waals surface area contributed by atoms with E-state index in [9.17, 15) is 4.79 Å². The van der Waals surface area contributed by atoms with Gasteiger partial charge in [-0.3, -0.25) is 4.79 Å². The zero-order valence-electron chi connectivity index (χ0n) is 11.1. The Morgan fingerprint density at radius 1 is 1.13 bits per heavy atom. The van der Waals surface area contributed by atoms with Gasteiger partial charge in [0.05, 0.1) is 0 Å². The fraction of sp³-hybridized carbons (Fsp3) is 0.923. The highest BCUT2D eigenvalue weighted by Crippen LogP contribution is 2.35. The number of likely N-dealkylation sites (tertiary alicyclic amines) is 1. The van der Waals surface area contributed by atoms with Gasteiger partial charge in [0.2, 0.25) is 5.91 Å². The molecule has 0 N–H and O–H groups in total. The number of rotatable bonds is 0. The molecule has 1 aliphatic rings. The van der Waals surface area contributed by atoms with Gasteiger partial charge in [-0.15, -0.1) is 0 Å². The highest BCUT2D eigenvalue weighted by molar-refractivity contribution is 5.77. The molecule has 0 spiro atoms. The molecule has 1 amide bonds. The molecule has 88 valence electrons. The van der Waals surface area contributed by atoms with Crippen molar-refractivity contribution in [1.29, 1.82) is 0 Å². The average Bonchev–Trinajstić information content (AvgIpc) is 2.00. The van der Waals surface area contributed by atoms with Crippen LogP contribution in [0.5, 0.6) is 0 Å². The summed E-state index contributed by atoms with van der Waals surface area (Å²) in [6, 6.07) is 0. The number of hydrogen-bond donors (Lipinski definition) is 0. The van der Waals surface area contributed by atoms with Crippen LogP contribution in [0.15, 0.2) is 0 Å². The fourth-order valence-corrected chi connectivity index (χ4v) is 2.20. The standard InChI is InChI=1S/C13H25NO/c1-12(2,3)10-7-8-11(15)14(9-10)13(4,5)6/h10H,7-9H2,1-6H3. The van der Waals surface area contributed by atoms with E-state index in [1.54, 1.807) is 0 Å². The number of nitrogens with zero attached hydrogens (tertiary/aromatic N) is 1. The maximum Gasteiger partial charge on any atom is 0.223 e. The van der Waals surface area contributed by atoms with Crippen molar-refractivity contribution < 1.29 is 4.79 Å². The smallest absolute Gasteiger partial charge is 0.223 e. The van der Waals surface area contributed by atoms with Gasteiger partial charge < -0.3 is 4.90 Å². The van der Waals surface area contributed by atoms with Gasteiger partial charge in [-0.1, -0.05) is 20.8 Å². The summed E-state index contributed by atoms with van der Waals surface area (Å²) in [5.74, 6) is 0.956. The maximum absolute atomic E-state index is 11.8. The molecule has 1 fully saturated rings. The van der Waals surface area contributed by atoms with Crippen LogP contribution in [0.4, 0.5) is 0 Å². The van der Waals surface area contributed by atoms with E-state index in [1.165, 1.54) is 0 Å². The van der Waals surface area contributed by atoms with Crippen LogP contribution >= 0.6 is 0 Å². The van der Waals surface area contributed by atoms with Gasteiger partial charge in [0.25, 0.3) is 0 Å². The third-order valence-electron chi connectivity index (χ3n) is 3.45. The molecule has 1 aliphatic heterocycles. The summed E-state index contributed by atoms with van der Waals surface area (Å²) in [6.07, 6.45) is 1.77. The van der Waals surface area contributed by atoms with Crippen LogP contribution in [-0.2, 0) is 4.79 Å². The SMILES string of the molecule is CC(C)(C)C1CCC(=O)N(C(C)(C)C)C1. The number of hydrogen-bond acceptors (Lipinski definition) is 1. The van der Waals surface area contributed by atoms with Crippen molar-refractivity contribution in [3.63, 3.8) is 0 Å². The largest absolute Gasteiger partial charge is 0.338 e. The lowest BCUT2D eigenvalue weighted by Crippen LogP contribution is -2.52. The highest BCUT2D eigenvalue weighted by Gasteiger charge is 2.37. The molecule has 1 rings (SSSR count). The van der Waals surface area contributed by atoms with Gasteiger partial charge in [0, 0.05) is 18.5 Å². The number of piperidine rings is 1. The van der Waals surface area contributed by atoms with E-state index in [2.05, 4.69) is 41.5 Å². The van der Waals surface area contributed by atoms with Crippen molar-refractivity contribution in [1.82, 2.24) is 4.90 Å². The number of amides is 1. The Balaban J connectivity index is 2.78. The van der Waals surface area contributed by atoms with Crippen molar-refractivity contribution in [2.75, 3.05) is 6.54 Å². The Bertz CT molecular complexity index is 244. The van der Waals surface area contributed by atoms with E-state index in [-0.39, 0.29) is 5.54 Å². The summed E-state index contributed by atoms with van der Waals surface area (Å²) in [6.45, 7) is 14.1. The molecule has 2 heteroatoms. The van der Waals surface area contributed by atoms with E-state index in [4.69, 9.17) is 0 Å². The molecule has 0 aromatic heterocycles. The van der Waals surface area contributed by atoms with Gasteiger partial charge in [-0.05, 0) is 38.5 Å². The Labute approximate surface area is 94.0 Å². The minimum Gasteiger partial charge on any atom is -0.338 e. The fourth-order valence-electron chi connectivity index (χ4n) is 2.20. The minimum absolute atomic E-state index is 0.0268. The summed E-state index contributed by atoms with van der Waals surface area (Å²) in [5, 5.41) is 0. The molecule has 1 heterocycles. The van der Waals surface area contributed by atoms with E-state index in [1.807, 2.05) is 4.90 Å². The molecule has 1 unspecified atom stereocenters. The van der Waals surface area contributed by atoms with Crippen LogP contribution in [0.1, 0.15) is 54.4 Å². The minimum atomic E-state index is -0.0268. The first kappa shape index (κ1) is 12.5. The van der Waals surface area contributed by atoms with Crippen molar-refractivity contribution in [2.45, 2.75) is 59.9 Å². The Morgan fingerprint density at radius 2 is 1.67 bits per heavy atom. The lowest BCUT2D eigenvalue weighted by atomic mass is 9.75. The molecular formula is C13H25NO. The van der Waals surface area contributed by atoms with Gasteiger partial charge in [-0.2, -0.15) is 0 Å². The van der Waals surface area contributed by atoms with E-state index in [0.717, 1.165) is 19.4 Å². The first-order valence-electron chi connectivity index (χ1n) is 5.93. The second kappa shape index (κ2) is 3.80. The zero-order chi connectivity index (χ0) is 11.9. The molecule has 1 saturated heterocycles. The summed E-state index contributed by atoms with van der Waals surface area (Å²) in [5.41, 5.74) is 0.283. The molecular weight excluding hydrogens is 186 g/mol. The van der Waals surface area contributed by atoms with E-state index >= 15 is 0 Å². The van der Waals surface area contributed by atoms with E-state index in [0.29, 0.717) is 17.2 Å². The second-order valence-corrected chi connectivity index (χ2v) is 6.78. The van der Waals surface area contributed by atoms with E-state index < -0.39 is 0 Å². The van der Waals surface area contributed by atoms with Crippen LogP contribution in [0.25, 0.3) is 0 Å². The third-order valence-corrected chi connectivity index (χ3v) is 3.45. The lowest BCUT2D eigenvalue weighted by molar-refractivity contribution is -0.141. The summed E-state index contributed by atoms with van der Waals surface area (Å²) in [7, 11) is 0. The van der Waals surface area contributed by atoms with Crippen molar-refractivity contribution >= 4 is 5.91 Å². The van der Waals surface area contributed by atoms with Crippen molar-refractivity contribution in [3.05, 3.63) is 0 Å². The average molecular weight is 211 g/mol. The monoisotopic (exact) mass is 211 g/mol. The van der Waals surface area contributed by atoms with Crippen molar-refractivity contribution in [2.24, 2.45) is 11.3 Å². The van der Waals surface area contributed by atoms with Gasteiger partial charge >= 0.3 is 0 Å². The lowest BCUT2D eigenvalue weighted by Gasteiger charge is -2.45. The number of carbonyl (C=O) groups is 1. The van der Waals surface area contributed by atoms with Crippen molar-refractivity contribution in [3.8, 4) is 0 Å².